The first kappa shape index (κ1) is 22.7. The van der Waals surface area contributed by atoms with Crippen molar-refractivity contribution < 1.29 is 10.0 Å². The summed E-state index contributed by atoms with van der Waals surface area (Å²) in [5.41, 5.74) is 0. The van der Waals surface area contributed by atoms with Gasteiger partial charge in [-0.1, -0.05) is 0 Å². The minimum absolute atomic E-state index is 0.566. The van der Waals surface area contributed by atoms with Gasteiger partial charge in [-0.2, -0.15) is 0 Å². The van der Waals surface area contributed by atoms with Crippen LogP contribution in [0.15, 0.2) is 0 Å². The van der Waals surface area contributed by atoms with Gasteiger partial charge in [-0.3, -0.25) is 0 Å². The van der Waals surface area contributed by atoms with Gasteiger partial charge in [0.25, 0.3) is 5.39 Å². The van der Waals surface area contributed by atoms with Crippen LogP contribution in [0.3, 0.4) is 0 Å². The molecule has 1 saturated carbocycles. The van der Waals surface area contributed by atoms with Crippen LogP contribution in [0.2, 0.25) is 12.8 Å². The first-order valence-corrected chi connectivity index (χ1v) is 15.2. The van der Waals surface area contributed by atoms with Crippen molar-refractivity contribution in [1.29, 1.82) is 5.39 Å². The Bertz CT molecular complexity index is 336. The van der Waals surface area contributed by atoms with Gasteiger partial charge < -0.3 is 0 Å². The van der Waals surface area contributed by atoms with Gasteiger partial charge in [0.15, 0.2) is 0 Å². The van der Waals surface area contributed by atoms with Gasteiger partial charge in [-0.05, 0) is 0 Å². The number of carbonyl (C=O) groups is 1. The molecule has 0 aromatic heterocycles. The van der Waals surface area contributed by atoms with Crippen LogP contribution in [-0.4, -0.2) is 30.8 Å². The molecule has 1 radical (unpaired) electrons. The van der Waals surface area contributed by atoms with E-state index in [1.165, 1.54) is 56.5 Å². The molecule has 2 unspecified atom stereocenters. The van der Waals surface area contributed by atoms with E-state index in [2.05, 4.69) is 20.8 Å². The fourth-order valence-corrected chi connectivity index (χ4v) is 15.9. The Hall–Kier alpha value is -0.311. The van der Waals surface area contributed by atoms with Crippen molar-refractivity contribution in [3.8, 4) is 0 Å². The second-order valence-electron chi connectivity index (χ2n) is 6.75. The number of nitrogens with zero attached hydrogens (tertiary/aromatic N) is 2. The van der Waals surface area contributed by atoms with Crippen molar-refractivity contribution >= 4 is 25.5 Å². The average molecular weight is 431 g/mol. The number of carbonyl (C=O) groups excluding carboxylic acids is 1. The van der Waals surface area contributed by atoms with Crippen molar-refractivity contribution in [3.05, 3.63) is 5.14 Å². The number of Topliss-reactive ketones (excluding diaryl/α,β-unsaturated/α-hetero) is 1. The molecule has 5 heteroatoms. The molecule has 0 saturated heterocycles. The largest absolute Gasteiger partial charge is 0.454 e. The maximum atomic E-state index is 11.9. The summed E-state index contributed by atoms with van der Waals surface area (Å²) in [4.78, 5) is 11.9. The van der Waals surface area contributed by atoms with E-state index in [9.17, 15) is 4.79 Å². The summed E-state index contributed by atoms with van der Waals surface area (Å²) in [6, 6.07) is 0. The first-order chi connectivity index (χ1) is 11.1. The zero-order valence-electron chi connectivity index (χ0n) is 15.4. The van der Waals surface area contributed by atoms with Gasteiger partial charge in [-0.15, -0.1) is 5.21 Å². The quantitative estimate of drug-likeness (QED) is 0.253. The summed E-state index contributed by atoms with van der Waals surface area (Å²) < 4.78 is 4.20. The third-order valence-corrected chi connectivity index (χ3v) is 15.8. The van der Waals surface area contributed by atoms with Gasteiger partial charge in [0.2, 0.25) is 0 Å². The molecule has 0 bridgehead atoms. The van der Waals surface area contributed by atoms with E-state index < -0.39 is 19.8 Å². The molecule has 1 aliphatic rings. The zero-order valence-corrected chi connectivity index (χ0v) is 18.2. The van der Waals surface area contributed by atoms with Gasteiger partial charge in [0, 0.05) is 0 Å². The second kappa shape index (κ2) is 15.2. The smallest absolute Gasteiger partial charge is 0.145 e. The normalized spacial score (nSPS) is 18.9. The van der Waals surface area contributed by atoms with Gasteiger partial charge in [-0.25, -0.2) is 0 Å². The summed E-state index contributed by atoms with van der Waals surface area (Å²) in [7, 11) is 0. The average Bonchev–Trinajstić information content (AvgIpc) is 2.54. The molecule has 0 spiro atoms. The van der Waals surface area contributed by atoms with E-state index in [4.69, 9.17) is 10.6 Å². The molecular weight excluding hydrogens is 395 g/mol. The third-order valence-electron chi connectivity index (χ3n) is 4.92. The van der Waals surface area contributed by atoms with E-state index >= 15 is 0 Å². The minimum Gasteiger partial charge on any atom is -0.145 e. The van der Waals surface area contributed by atoms with Crippen molar-refractivity contribution in [2.24, 2.45) is 5.92 Å². The van der Waals surface area contributed by atoms with Crippen molar-refractivity contribution in [2.75, 3.05) is 0 Å². The molecular formula is C18H36N2O2Sn+. The Labute approximate surface area is 149 Å². The first-order valence-electron chi connectivity index (χ1n) is 9.49. The molecule has 4 nitrogen and oxygen atoms in total. The number of ketones is 1. The molecule has 0 aromatic carbocycles. The van der Waals surface area contributed by atoms with Crippen LogP contribution in [0.1, 0.15) is 85.0 Å². The van der Waals surface area contributed by atoms with Crippen LogP contribution in [0.25, 0.3) is 5.14 Å². The van der Waals surface area contributed by atoms with Gasteiger partial charge in [0.1, 0.15) is 0 Å². The van der Waals surface area contributed by atoms with E-state index in [0.29, 0.717) is 5.78 Å². The Morgan fingerprint density at radius 2 is 1.78 bits per heavy atom. The van der Waals surface area contributed by atoms with Crippen molar-refractivity contribution in [2.45, 2.75) is 97.8 Å². The van der Waals surface area contributed by atoms with E-state index in [1.807, 2.05) is 0 Å². The predicted octanol–water partition coefficient (Wildman–Crippen LogP) is 6.24. The molecule has 0 aromatic rings. The van der Waals surface area contributed by atoms with E-state index in [1.54, 1.807) is 8.87 Å². The summed E-state index contributed by atoms with van der Waals surface area (Å²) in [6.07, 6.45) is 12.7. The SMILES string of the molecule is CCC[CH2][Sn]([CH2]CCC)[CH](CCC)C1CCCC(=O)C1.N#[N+]O. The Morgan fingerprint density at radius 3 is 2.22 bits per heavy atom. The summed E-state index contributed by atoms with van der Waals surface area (Å²) in [5, 5.41) is 15.0. The summed E-state index contributed by atoms with van der Waals surface area (Å²) in [6.45, 7) is 7.01. The van der Waals surface area contributed by atoms with Gasteiger partial charge >= 0.3 is 139 Å². The van der Waals surface area contributed by atoms with E-state index in [-0.39, 0.29) is 0 Å². The number of rotatable bonds is 10. The zero-order chi connectivity index (χ0) is 17.5. The van der Waals surface area contributed by atoms with Crippen LogP contribution in [0.5, 0.6) is 0 Å². The number of unbranched alkanes of at least 4 members (excludes halogenated alkanes) is 2. The van der Waals surface area contributed by atoms with Crippen LogP contribution >= 0.6 is 0 Å². The van der Waals surface area contributed by atoms with Crippen LogP contribution in [0, 0.1) is 11.3 Å². The van der Waals surface area contributed by atoms with Crippen LogP contribution in [-0.2, 0) is 4.79 Å². The fraction of sp³-hybridized carbons (Fsp3) is 0.944. The van der Waals surface area contributed by atoms with Crippen molar-refractivity contribution in [1.82, 2.24) is 0 Å². The molecule has 1 aliphatic carbocycles. The summed E-state index contributed by atoms with van der Waals surface area (Å²) >= 11 is -1.29. The molecule has 0 amide bonds. The van der Waals surface area contributed by atoms with Gasteiger partial charge in [0.05, 0.1) is 0 Å². The molecule has 23 heavy (non-hydrogen) atoms. The maximum absolute atomic E-state index is 11.9. The monoisotopic (exact) mass is 432 g/mol. The molecule has 133 valence electrons. The molecule has 1 N–H and O–H groups in total. The Balaban J connectivity index is 0.00000149. The van der Waals surface area contributed by atoms with E-state index in [0.717, 1.165) is 22.7 Å². The molecule has 1 rings (SSSR count). The van der Waals surface area contributed by atoms with Crippen molar-refractivity contribution in [3.63, 3.8) is 0 Å². The number of diazo groups is 1. The van der Waals surface area contributed by atoms with Crippen LogP contribution in [0.4, 0.5) is 0 Å². The summed E-state index contributed by atoms with van der Waals surface area (Å²) in [5.74, 6) is 1.36. The molecule has 1 fully saturated rings. The standard InChI is InChI=1S/C10H17O.2C4H9.N2O.Sn/c1-2-3-5-9-6-4-7-10(11)8-9;2*1-3-4-2;1-2-3;/h5,9H,2-4,6-8H2,1H3;2*1,3-4H2,2H3;;/p+1. The molecule has 2 atom stereocenters. The topological polar surface area (TPSA) is 65.5 Å². The fourth-order valence-electron chi connectivity index (χ4n) is 3.79. The Kier molecular flexibility index (Phi) is 15.0. The predicted molar refractivity (Wildman–Crippen MR) is 97.7 cm³/mol. The molecule has 0 aliphatic heterocycles. The second-order valence-corrected chi connectivity index (χ2v) is 15.5. The molecule has 0 heterocycles. The minimum atomic E-state index is -1.29. The number of hydrogen-bond donors (Lipinski definition) is 1. The number of hydrogen-bond acceptors (Lipinski definition) is 3. The Morgan fingerprint density at radius 1 is 1.22 bits per heavy atom. The van der Waals surface area contributed by atoms with Crippen LogP contribution < -0.4 is 0 Å². The third kappa shape index (κ3) is 10.2. The maximum Gasteiger partial charge on any atom is 0.454 e.